The Balaban J connectivity index is 0.000000156. The lowest BCUT2D eigenvalue weighted by atomic mass is 9.71. The van der Waals surface area contributed by atoms with Crippen molar-refractivity contribution >= 4 is 89.8 Å². The van der Waals surface area contributed by atoms with E-state index in [-0.39, 0.29) is 0 Å². The molecular formula is C60H48B2O4. The first-order valence-electron chi connectivity index (χ1n) is 22.8. The maximum absolute atomic E-state index is 10.1. The third kappa shape index (κ3) is 6.88. The molecule has 1 saturated heterocycles. The Kier molecular flexibility index (Phi) is 10.4. The van der Waals surface area contributed by atoms with Crippen LogP contribution in [0.15, 0.2) is 206 Å². The molecule has 1 aliphatic heterocycles. The fourth-order valence-electron chi connectivity index (χ4n) is 10.2. The Morgan fingerprint density at radius 3 is 1.23 bits per heavy atom. The normalized spacial score (nSPS) is 14.3. The minimum atomic E-state index is -1.53. The lowest BCUT2D eigenvalue weighted by Gasteiger charge is -2.32. The van der Waals surface area contributed by atoms with Crippen LogP contribution in [0.25, 0.3) is 98.0 Å². The van der Waals surface area contributed by atoms with Gasteiger partial charge in [-0.2, -0.15) is 0 Å². The smallest absolute Gasteiger partial charge is 0.423 e. The maximum Gasteiger partial charge on any atom is 0.496 e. The summed E-state index contributed by atoms with van der Waals surface area (Å²) in [6.45, 7) is 8.47. The van der Waals surface area contributed by atoms with E-state index in [1.165, 1.54) is 65.3 Å². The first-order chi connectivity index (χ1) is 32.1. The van der Waals surface area contributed by atoms with Crippen LogP contribution in [0.5, 0.6) is 0 Å². The summed E-state index contributed by atoms with van der Waals surface area (Å²) in [6.07, 6.45) is 0. The van der Waals surface area contributed by atoms with Gasteiger partial charge < -0.3 is 19.4 Å². The Morgan fingerprint density at radius 2 is 0.712 bits per heavy atom. The van der Waals surface area contributed by atoms with Crippen molar-refractivity contribution in [3.8, 4) is 33.4 Å². The van der Waals surface area contributed by atoms with Crippen molar-refractivity contribution < 1.29 is 19.4 Å². The highest BCUT2D eigenvalue weighted by molar-refractivity contribution is 6.69. The van der Waals surface area contributed by atoms with E-state index in [4.69, 9.17) is 9.31 Å². The standard InChI is InChI=1S/C36H31BO2.C24H17BO2/c1-35(2)36(3,4)39-37(38-35)34-31-20-12-10-18-28(31)33(29-19-11-13-21-32(29)34)30-23-22-25(24-14-6-5-7-15-24)26-16-8-9-17-27(26)30;26-25(27)24-21-13-5-3-11-19(21)23(20-12-4-6-14-22(20)24)18-15-7-9-16-8-1-2-10-17(16)18/h5-23H,1-4H3;1-15,26-27H. The largest absolute Gasteiger partial charge is 0.496 e. The summed E-state index contributed by atoms with van der Waals surface area (Å²) in [5.41, 5.74) is 8.07. The third-order valence-corrected chi connectivity index (χ3v) is 14.0. The summed E-state index contributed by atoms with van der Waals surface area (Å²) in [5, 5.41) is 33.6. The lowest BCUT2D eigenvalue weighted by Crippen LogP contribution is -2.41. The van der Waals surface area contributed by atoms with Gasteiger partial charge >= 0.3 is 14.2 Å². The van der Waals surface area contributed by atoms with Gasteiger partial charge in [0.05, 0.1) is 11.2 Å². The molecule has 11 aromatic rings. The van der Waals surface area contributed by atoms with Gasteiger partial charge in [0.15, 0.2) is 0 Å². The van der Waals surface area contributed by atoms with Crippen LogP contribution in [-0.4, -0.2) is 35.5 Å². The van der Waals surface area contributed by atoms with Gasteiger partial charge in [0.2, 0.25) is 0 Å². The molecule has 2 N–H and O–H groups in total. The number of hydrogen-bond donors (Lipinski definition) is 2. The van der Waals surface area contributed by atoms with Gasteiger partial charge in [-0.3, -0.25) is 0 Å². The van der Waals surface area contributed by atoms with Crippen LogP contribution in [0.3, 0.4) is 0 Å². The van der Waals surface area contributed by atoms with Gasteiger partial charge in [-0.25, -0.2) is 0 Å². The predicted molar refractivity (Wildman–Crippen MR) is 280 cm³/mol. The van der Waals surface area contributed by atoms with Crippen molar-refractivity contribution in [2.75, 3.05) is 0 Å². The molecule has 0 radical (unpaired) electrons. The van der Waals surface area contributed by atoms with Gasteiger partial charge in [0.25, 0.3) is 0 Å². The zero-order valence-electron chi connectivity index (χ0n) is 37.5. The molecule has 4 nitrogen and oxygen atoms in total. The fourth-order valence-corrected chi connectivity index (χ4v) is 10.2. The molecule has 1 fully saturated rings. The first-order valence-corrected chi connectivity index (χ1v) is 22.8. The highest BCUT2D eigenvalue weighted by Gasteiger charge is 2.52. The quantitative estimate of drug-likeness (QED) is 0.134. The van der Waals surface area contributed by atoms with Crippen LogP contribution >= 0.6 is 0 Å². The maximum atomic E-state index is 10.1. The van der Waals surface area contributed by atoms with Crippen LogP contribution in [0, 0.1) is 0 Å². The zero-order valence-corrected chi connectivity index (χ0v) is 37.5. The topological polar surface area (TPSA) is 58.9 Å². The van der Waals surface area contributed by atoms with Crippen LogP contribution < -0.4 is 10.9 Å². The van der Waals surface area contributed by atoms with Crippen LogP contribution in [-0.2, 0) is 9.31 Å². The number of fused-ring (bicyclic) bond motifs is 6. The van der Waals surface area contributed by atoms with E-state index in [0.717, 1.165) is 38.1 Å². The molecule has 0 aliphatic carbocycles. The number of benzene rings is 11. The summed E-state index contributed by atoms with van der Waals surface area (Å²) < 4.78 is 13.2. The van der Waals surface area contributed by atoms with Gasteiger partial charge in [-0.05, 0) is 137 Å². The molecule has 66 heavy (non-hydrogen) atoms. The van der Waals surface area contributed by atoms with Crippen molar-refractivity contribution in [1.29, 1.82) is 0 Å². The van der Waals surface area contributed by atoms with Crippen molar-refractivity contribution in [2.45, 2.75) is 38.9 Å². The second kappa shape index (κ2) is 16.4. The fraction of sp³-hybridized carbons (Fsp3) is 0.100. The molecule has 0 amide bonds. The van der Waals surface area contributed by atoms with Crippen LogP contribution in [0.1, 0.15) is 27.7 Å². The van der Waals surface area contributed by atoms with Crippen molar-refractivity contribution in [2.24, 2.45) is 0 Å². The van der Waals surface area contributed by atoms with Gasteiger partial charge in [0.1, 0.15) is 0 Å². The number of rotatable bonds is 5. The van der Waals surface area contributed by atoms with E-state index in [2.05, 4.69) is 191 Å². The molecule has 0 saturated carbocycles. The Morgan fingerprint density at radius 1 is 0.348 bits per heavy atom. The van der Waals surface area contributed by atoms with Crippen molar-refractivity contribution in [1.82, 2.24) is 0 Å². The molecule has 6 heteroatoms. The van der Waals surface area contributed by atoms with E-state index in [1.54, 1.807) is 0 Å². The van der Waals surface area contributed by atoms with Crippen molar-refractivity contribution in [3.05, 3.63) is 206 Å². The third-order valence-electron chi connectivity index (χ3n) is 14.0. The average Bonchev–Trinajstić information content (AvgIpc) is 3.57. The van der Waals surface area contributed by atoms with Gasteiger partial charge in [0, 0.05) is 0 Å². The van der Waals surface area contributed by atoms with E-state index >= 15 is 0 Å². The minimum Gasteiger partial charge on any atom is -0.423 e. The molecule has 0 atom stereocenters. The van der Waals surface area contributed by atoms with Gasteiger partial charge in [-0.15, -0.1) is 0 Å². The van der Waals surface area contributed by atoms with Crippen molar-refractivity contribution in [3.63, 3.8) is 0 Å². The highest BCUT2D eigenvalue weighted by Crippen LogP contribution is 2.44. The minimum absolute atomic E-state index is 0.415. The lowest BCUT2D eigenvalue weighted by molar-refractivity contribution is 0.00578. The molecule has 12 rings (SSSR count). The molecule has 0 aromatic heterocycles. The highest BCUT2D eigenvalue weighted by atomic mass is 16.7. The van der Waals surface area contributed by atoms with E-state index in [9.17, 15) is 10.0 Å². The summed E-state index contributed by atoms with van der Waals surface area (Å²) in [6, 6.07) is 72.1. The molecule has 0 bridgehead atoms. The number of hydrogen-bond acceptors (Lipinski definition) is 4. The second-order valence-electron chi connectivity index (χ2n) is 18.3. The van der Waals surface area contributed by atoms with Crippen LogP contribution in [0.4, 0.5) is 0 Å². The molecule has 0 spiro atoms. The SMILES string of the molecule is CC1(C)OB(c2c3ccccc3c(-c3ccc(-c4ccccc4)c4ccccc34)c3ccccc23)OC1(C)C.OB(O)c1c2ccccc2c(-c2cccc3ccccc23)c2ccccc12. The Hall–Kier alpha value is -7.05. The molecule has 1 heterocycles. The van der Waals surface area contributed by atoms with E-state index < -0.39 is 25.4 Å². The summed E-state index contributed by atoms with van der Waals surface area (Å²) in [4.78, 5) is 0. The average molecular weight is 855 g/mol. The Labute approximate surface area is 386 Å². The molecular weight excluding hydrogens is 806 g/mol. The Bertz CT molecular complexity index is 3520. The monoisotopic (exact) mass is 854 g/mol. The van der Waals surface area contributed by atoms with E-state index in [0.29, 0.717) is 5.46 Å². The molecule has 318 valence electrons. The molecule has 11 aromatic carbocycles. The molecule has 0 unspecified atom stereocenters. The summed E-state index contributed by atoms with van der Waals surface area (Å²) in [7, 11) is -1.97. The second-order valence-corrected chi connectivity index (χ2v) is 18.3. The first kappa shape index (κ1) is 41.6. The van der Waals surface area contributed by atoms with Gasteiger partial charge in [-0.1, -0.05) is 206 Å². The summed E-state index contributed by atoms with van der Waals surface area (Å²) >= 11 is 0. The van der Waals surface area contributed by atoms with E-state index in [1.807, 2.05) is 42.5 Å². The molecule has 1 aliphatic rings. The summed E-state index contributed by atoms with van der Waals surface area (Å²) in [5.74, 6) is 0. The zero-order chi connectivity index (χ0) is 45.2. The predicted octanol–water partition coefficient (Wildman–Crippen LogP) is 13.3. The van der Waals surface area contributed by atoms with Crippen LogP contribution in [0.2, 0.25) is 0 Å².